The van der Waals surface area contributed by atoms with Gasteiger partial charge < -0.3 is 10.1 Å². The van der Waals surface area contributed by atoms with E-state index in [4.69, 9.17) is 0 Å². The monoisotopic (exact) mass is 143 g/mol. The maximum atomic E-state index is 9.59. The van der Waals surface area contributed by atoms with Gasteiger partial charge in [-0.15, -0.1) is 0 Å². The van der Waals surface area contributed by atoms with Gasteiger partial charge in [0.05, 0.1) is 7.11 Å². The van der Waals surface area contributed by atoms with Gasteiger partial charge in [0.25, 0.3) is 0 Å². The molecule has 4 heteroatoms. The molecule has 0 bridgehead atoms. The third kappa shape index (κ3) is 7.49. The first kappa shape index (κ1) is 9.49. The third-order valence-electron chi connectivity index (χ3n) is 1.24. The van der Waals surface area contributed by atoms with E-state index in [1.54, 1.807) is 0 Å². The Morgan fingerprint density at radius 1 is 1.50 bits per heavy atom. The summed E-state index contributed by atoms with van der Waals surface area (Å²) in [5, 5.41) is 3.22. The van der Waals surface area contributed by atoms with Gasteiger partial charge in [-0.2, -0.15) is 0 Å². The molecule has 0 aliphatic carbocycles. The lowest BCUT2D eigenvalue weighted by Gasteiger charge is -1.81. The van der Waals surface area contributed by atoms with Crippen LogP contribution in [0.3, 0.4) is 0 Å². The Balaban J connectivity index is 0.000000162. The standard InChI is InChI=1S/C4H9N.C2H5BO2/c1-2-4-5-3-1;1-5-2(3)4/h5H,1-4H2;3H2,1H3. The fourth-order valence-corrected chi connectivity index (χ4v) is 0.625. The molecule has 1 heterocycles. The van der Waals surface area contributed by atoms with Crippen molar-refractivity contribution in [2.45, 2.75) is 12.8 Å². The molecule has 1 aliphatic heterocycles. The van der Waals surface area contributed by atoms with Crippen LogP contribution in [0.1, 0.15) is 12.8 Å². The second kappa shape index (κ2) is 6.61. The number of ether oxygens (including phenoxy) is 1. The molecule has 0 unspecified atom stereocenters. The summed E-state index contributed by atoms with van der Waals surface area (Å²) in [4.78, 5) is 9.59. The van der Waals surface area contributed by atoms with Crippen LogP contribution in [-0.2, 0) is 4.74 Å². The molecule has 3 nitrogen and oxygen atoms in total. The second-order valence-electron chi connectivity index (χ2n) is 2.15. The van der Waals surface area contributed by atoms with Crippen LogP contribution < -0.4 is 5.32 Å². The van der Waals surface area contributed by atoms with E-state index in [9.17, 15) is 4.79 Å². The number of hydrogen-bond donors (Lipinski definition) is 1. The number of hydrogen-bond acceptors (Lipinski definition) is 3. The number of methoxy groups -OCH3 is 1. The van der Waals surface area contributed by atoms with Gasteiger partial charge in [0.1, 0.15) is 0 Å². The van der Waals surface area contributed by atoms with Crippen LogP contribution in [-0.4, -0.2) is 33.9 Å². The largest absolute Gasteiger partial charge is 0.477 e. The third-order valence-corrected chi connectivity index (χ3v) is 1.24. The zero-order chi connectivity index (χ0) is 7.82. The summed E-state index contributed by atoms with van der Waals surface area (Å²) in [5.74, 6) is -0.245. The number of carbonyl (C=O) groups excluding carboxylic acids is 1. The van der Waals surface area contributed by atoms with E-state index in [0.717, 1.165) is 0 Å². The molecule has 1 saturated heterocycles. The van der Waals surface area contributed by atoms with Gasteiger partial charge >= 0.3 is 0 Å². The zero-order valence-corrected chi connectivity index (χ0v) is 6.64. The van der Waals surface area contributed by atoms with Crippen molar-refractivity contribution in [1.82, 2.24) is 5.32 Å². The van der Waals surface area contributed by atoms with Crippen molar-refractivity contribution in [3.63, 3.8) is 0 Å². The van der Waals surface area contributed by atoms with Crippen LogP contribution in [0.25, 0.3) is 0 Å². The minimum atomic E-state index is -0.245. The molecule has 1 N–H and O–H groups in total. The topological polar surface area (TPSA) is 38.3 Å². The van der Waals surface area contributed by atoms with Crippen molar-refractivity contribution in [2.75, 3.05) is 20.2 Å². The fourth-order valence-electron chi connectivity index (χ4n) is 0.625. The van der Waals surface area contributed by atoms with Gasteiger partial charge in [-0.25, -0.2) is 0 Å². The molecule has 1 fully saturated rings. The molecule has 0 saturated carbocycles. The molecule has 0 aromatic heterocycles. The Bertz CT molecular complexity index is 86.1. The van der Waals surface area contributed by atoms with Gasteiger partial charge in [0, 0.05) is 0 Å². The Morgan fingerprint density at radius 3 is 2.00 bits per heavy atom. The normalized spacial score (nSPS) is 15.3. The molecule has 0 amide bonds. The highest BCUT2D eigenvalue weighted by Gasteiger charge is 1.93. The van der Waals surface area contributed by atoms with E-state index in [1.807, 2.05) is 0 Å². The van der Waals surface area contributed by atoms with Crippen LogP contribution in [0.4, 0.5) is 4.79 Å². The average Bonchev–Trinajstić information content (AvgIpc) is 2.43. The zero-order valence-electron chi connectivity index (χ0n) is 6.64. The molecule has 0 spiro atoms. The maximum absolute atomic E-state index is 9.59. The lowest BCUT2D eigenvalue weighted by molar-refractivity contribution is 0.198. The van der Waals surface area contributed by atoms with Gasteiger partial charge in [-0.3, -0.25) is 4.79 Å². The number of carbonyl (C=O) groups is 1. The predicted molar refractivity (Wildman–Crippen MR) is 43.1 cm³/mol. The second-order valence-corrected chi connectivity index (χ2v) is 2.15. The molecule has 10 heavy (non-hydrogen) atoms. The van der Waals surface area contributed by atoms with Crippen molar-refractivity contribution in [2.24, 2.45) is 0 Å². The smallest absolute Gasteiger partial charge is 0.242 e. The predicted octanol–water partition coefficient (Wildman–Crippen LogP) is -0.244. The first-order valence-corrected chi connectivity index (χ1v) is 3.52. The summed E-state index contributed by atoms with van der Waals surface area (Å²) in [6.45, 7) is 2.50. The number of nitrogens with one attached hydrogen (secondary N) is 1. The Morgan fingerprint density at radius 2 is 1.90 bits per heavy atom. The summed E-state index contributed by atoms with van der Waals surface area (Å²) in [6, 6.07) is 0. The molecular weight excluding hydrogens is 129 g/mol. The van der Waals surface area contributed by atoms with E-state index in [-0.39, 0.29) is 5.87 Å². The van der Waals surface area contributed by atoms with Crippen LogP contribution in [0.15, 0.2) is 0 Å². The summed E-state index contributed by atoms with van der Waals surface area (Å²) < 4.78 is 4.11. The van der Waals surface area contributed by atoms with Crippen molar-refractivity contribution in [3.05, 3.63) is 0 Å². The van der Waals surface area contributed by atoms with Crippen molar-refractivity contribution < 1.29 is 9.53 Å². The Kier molecular flexibility index (Phi) is 6.28. The molecule has 58 valence electrons. The molecule has 0 aromatic rings. The molecule has 0 radical (unpaired) electrons. The Hall–Kier alpha value is -0.505. The van der Waals surface area contributed by atoms with E-state index in [0.29, 0.717) is 0 Å². The molecule has 0 atom stereocenters. The highest BCUT2D eigenvalue weighted by molar-refractivity contribution is 6.55. The highest BCUT2D eigenvalue weighted by atomic mass is 16.5. The SMILES string of the molecule is BC(=O)OC.C1CCNC1. The molecular formula is C6H14BNO2. The van der Waals surface area contributed by atoms with Gasteiger partial charge in [-0.1, -0.05) is 0 Å². The summed E-state index contributed by atoms with van der Waals surface area (Å²) in [7, 11) is 2.71. The van der Waals surface area contributed by atoms with E-state index in [2.05, 4.69) is 10.1 Å². The lowest BCUT2D eigenvalue weighted by Crippen LogP contribution is -2.03. The molecule has 1 rings (SSSR count). The van der Waals surface area contributed by atoms with Gasteiger partial charge in [0.2, 0.25) is 13.7 Å². The van der Waals surface area contributed by atoms with Crippen LogP contribution in [0, 0.1) is 0 Å². The van der Waals surface area contributed by atoms with Crippen molar-refractivity contribution >= 4 is 13.7 Å². The van der Waals surface area contributed by atoms with Gasteiger partial charge in [-0.05, 0) is 25.9 Å². The van der Waals surface area contributed by atoms with Gasteiger partial charge in [0.15, 0.2) is 0 Å². The first-order valence-electron chi connectivity index (χ1n) is 3.52. The van der Waals surface area contributed by atoms with Crippen LogP contribution >= 0.6 is 0 Å². The average molecular weight is 143 g/mol. The first-order chi connectivity index (χ1) is 4.77. The summed E-state index contributed by atoms with van der Waals surface area (Å²) in [5.41, 5.74) is 0. The van der Waals surface area contributed by atoms with Crippen molar-refractivity contribution in [3.8, 4) is 0 Å². The van der Waals surface area contributed by atoms with Crippen LogP contribution in [0.5, 0.6) is 0 Å². The fraction of sp³-hybridized carbons (Fsp3) is 0.833. The Labute approximate surface area is 62.5 Å². The summed E-state index contributed by atoms with van der Waals surface area (Å²) in [6.07, 6.45) is 2.78. The molecule has 0 aromatic carbocycles. The maximum Gasteiger partial charge on any atom is 0.242 e. The van der Waals surface area contributed by atoms with Crippen LogP contribution in [0.2, 0.25) is 0 Å². The number of rotatable bonds is 0. The van der Waals surface area contributed by atoms with E-state index >= 15 is 0 Å². The van der Waals surface area contributed by atoms with E-state index < -0.39 is 0 Å². The summed E-state index contributed by atoms with van der Waals surface area (Å²) >= 11 is 0. The van der Waals surface area contributed by atoms with Crippen molar-refractivity contribution in [1.29, 1.82) is 0 Å². The highest BCUT2D eigenvalue weighted by Crippen LogP contribution is 1.90. The minimum absolute atomic E-state index is 0.245. The quantitative estimate of drug-likeness (QED) is 0.475. The lowest BCUT2D eigenvalue weighted by atomic mass is 10.2. The minimum Gasteiger partial charge on any atom is -0.477 e. The van der Waals surface area contributed by atoms with E-state index in [1.165, 1.54) is 40.9 Å². The molecule has 1 aliphatic rings.